The standard InChI is InChI=1S/C22H22N4O3/c1-14(27)26-12-2-3-19(26)21(28)25-18-10-6-15(7-11-18)20-13-24-22(29-20)16-4-8-17(23)9-5-16/h4-11,13,19H,2-3,12,23H2,1H3,(H,25,28). The molecule has 1 saturated heterocycles. The van der Waals surface area contributed by atoms with Crippen LogP contribution in [-0.4, -0.2) is 34.3 Å². The quantitative estimate of drug-likeness (QED) is 0.664. The molecule has 1 unspecified atom stereocenters. The molecule has 0 saturated carbocycles. The lowest BCUT2D eigenvalue weighted by molar-refractivity contribution is -0.134. The number of nitrogen functional groups attached to an aromatic ring is 1. The van der Waals surface area contributed by atoms with Gasteiger partial charge in [0.25, 0.3) is 0 Å². The predicted octanol–water partition coefficient (Wildman–Crippen LogP) is 3.54. The highest BCUT2D eigenvalue weighted by Gasteiger charge is 2.32. The Morgan fingerprint density at radius 3 is 2.48 bits per heavy atom. The van der Waals surface area contributed by atoms with E-state index >= 15 is 0 Å². The Morgan fingerprint density at radius 1 is 1.10 bits per heavy atom. The zero-order chi connectivity index (χ0) is 20.4. The number of rotatable bonds is 4. The van der Waals surface area contributed by atoms with Crippen LogP contribution < -0.4 is 11.1 Å². The lowest BCUT2D eigenvalue weighted by atomic mass is 10.1. The van der Waals surface area contributed by atoms with E-state index in [1.54, 1.807) is 23.2 Å². The van der Waals surface area contributed by atoms with E-state index in [1.165, 1.54) is 6.92 Å². The molecule has 7 nitrogen and oxygen atoms in total. The minimum Gasteiger partial charge on any atom is -0.436 e. The van der Waals surface area contributed by atoms with Crippen LogP contribution in [0, 0.1) is 0 Å². The summed E-state index contributed by atoms with van der Waals surface area (Å²) in [4.78, 5) is 30.1. The van der Waals surface area contributed by atoms with Gasteiger partial charge in [-0.15, -0.1) is 0 Å². The summed E-state index contributed by atoms with van der Waals surface area (Å²) in [6, 6.07) is 14.3. The second-order valence-corrected chi connectivity index (χ2v) is 7.09. The number of aromatic nitrogens is 1. The van der Waals surface area contributed by atoms with Gasteiger partial charge in [-0.25, -0.2) is 4.98 Å². The van der Waals surface area contributed by atoms with E-state index < -0.39 is 6.04 Å². The Labute approximate surface area is 168 Å². The molecule has 1 aromatic heterocycles. The summed E-state index contributed by atoms with van der Waals surface area (Å²) in [6.07, 6.45) is 3.20. The van der Waals surface area contributed by atoms with Gasteiger partial charge >= 0.3 is 0 Å². The number of carbonyl (C=O) groups excluding carboxylic acids is 2. The maximum absolute atomic E-state index is 12.5. The largest absolute Gasteiger partial charge is 0.436 e. The molecule has 1 fully saturated rings. The molecule has 0 spiro atoms. The molecule has 1 aliphatic heterocycles. The summed E-state index contributed by atoms with van der Waals surface area (Å²) >= 11 is 0. The molecule has 1 aliphatic rings. The number of nitrogens with zero attached hydrogens (tertiary/aromatic N) is 2. The number of nitrogens with one attached hydrogen (secondary N) is 1. The van der Waals surface area contributed by atoms with Crippen LogP contribution in [0.1, 0.15) is 19.8 Å². The Bertz CT molecular complexity index is 1020. The first kappa shape index (κ1) is 18.7. The van der Waals surface area contributed by atoms with Crippen molar-refractivity contribution in [3.8, 4) is 22.8 Å². The number of amides is 2. The second-order valence-electron chi connectivity index (χ2n) is 7.09. The molecule has 2 aromatic carbocycles. The molecule has 0 aliphatic carbocycles. The molecule has 0 radical (unpaired) electrons. The summed E-state index contributed by atoms with van der Waals surface area (Å²) in [6.45, 7) is 2.13. The van der Waals surface area contributed by atoms with Gasteiger partial charge in [-0.2, -0.15) is 0 Å². The summed E-state index contributed by atoms with van der Waals surface area (Å²) in [5.41, 5.74) is 8.77. The molecule has 2 amide bonds. The van der Waals surface area contributed by atoms with Crippen LogP contribution in [0.3, 0.4) is 0 Å². The number of hydrogen-bond acceptors (Lipinski definition) is 5. The molecular weight excluding hydrogens is 368 g/mol. The maximum atomic E-state index is 12.5. The molecule has 1 atom stereocenters. The van der Waals surface area contributed by atoms with Gasteiger partial charge in [-0.3, -0.25) is 9.59 Å². The third-order valence-electron chi connectivity index (χ3n) is 5.06. The highest BCUT2D eigenvalue weighted by molar-refractivity contribution is 5.97. The molecule has 4 rings (SSSR count). The number of anilines is 2. The number of nitrogens with two attached hydrogens (primary N) is 1. The van der Waals surface area contributed by atoms with Crippen molar-refractivity contribution in [2.24, 2.45) is 0 Å². The van der Waals surface area contributed by atoms with Gasteiger partial charge < -0.3 is 20.4 Å². The highest BCUT2D eigenvalue weighted by Crippen LogP contribution is 2.27. The normalized spacial score (nSPS) is 16.0. The first-order valence-corrected chi connectivity index (χ1v) is 9.51. The van der Waals surface area contributed by atoms with Gasteiger partial charge in [0.1, 0.15) is 6.04 Å². The van der Waals surface area contributed by atoms with E-state index in [-0.39, 0.29) is 11.8 Å². The Kier molecular flexibility index (Phi) is 5.03. The third kappa shape index (κ3) is 3.99. The zero-order valence-corrected chi connectivity index (χ0v) is 16.1. The van der Waals surface area contributed by atoms with Crippen molar-refractivity contribution in [3.63, 3.8) is 0 Å². The lowest BCUT2D eigenvalue weighted by Crippen LogP contribution is -2.42. The van der Waals surface area contributed by atoms with Crippen LogP contribution in [0.15, 0.2) is 59.1 Å². The summed E-state index contributed by atoms with van der Waals surface area (Å²) in [5, 5.41) is 2.89. The summed E-state index contributed by atoms with van der Waals surface area (Å²) in [5.74, 6) is 0.923. The van der Waals surface area contributed by atoms with Crippen LogP contribution in [0.4, 0.5) is 11.4 Å². The van der Waals surface area contributed by atoms with Gasteiger partial charge in [0.15, 0.2) is 5.76 Å². The molecule has 0 bridgehead atoms. The van der Waals surface area contributed by atoms with Crippen LogP contribution >= 0.6 is 0 Å². The zero-order valence-electron chi connectivity index (χ0n) is 16.1. The summed E-state index contributed by atoms with van der Waals surface area (Å²) < 4.78 is 5.85. The summed E-state index contributed by atoms with van der Waals surface area (Å²) in [7, 11) is 0. The fourth-order valence-corrected chi connectivity index (χ4v) is 3.53. The maximum Gasteiger partial charge on any atom is 0.247 e. The average Bonchev–Trinajstić information content (AvgIpc) is 3.39. The number of benzene rings is 2. The number of oxazole rings is 1. The van der Waals surface area contributed by atoms with Gasteiger partial charge in [-0.05, 0) is 61.4 Å². The Morgan fingerprint density at radius 2 is 1.79 bits per heavy atom. The van der Waals surface area contributed by atoms with Crippen molar-refractivity contribution in [1.82, 2.24) is 9.88 Å². The molecule has 7 heteroatoms. The number of carbonyl (C=O) groups is 2. The molecule has 148 valence electrons. The van der Waals surface area contributed by atoms with Crippen LogP contribution in [0.25, 0.3) is 22.8 Å². The highest BCUT2D eigenvalue weighted by atomic mass is 16.4. The minimum atomic E-state index is -0.399. The first-order chi connectivity index (χ1) is 14.0. The van der Waals surface area contributed by atoms with Gasteiger partial charge in [0, 0.05) is 36.0 Å². The fraction of sp³-hybridized carbons (Fsp3) is 0.227. The SMILES string of the molecule is CC(=O)N1CCCC1C(=O)Nc1ccc(-c2cnc(-c3ccc(N)cc3)o2)cc1. The minimum absolute atomic E-state index is 0.0692. The average molecular weight is 390 g/mol. The molecule has 29 heavy (non-hydrogen) atoms. The second kappa shape index (κ2) is 7.79. The van der Waals surface area contributed by atoms with E-state index in [2.05, 4.69) is 10.3 Å². The van der Waals surface area contributed by atoms with Crippen molar-refractivity contribution in [1.29, 1.82) is 0 Å². The van der Waals surface area contributed by atoms with Crippen molar-refractivity contribution in [2.45, 2.75) is 25.8 Å². The smallest absolute Gasteiger partial charge is 0.247 e. The Hall–Kier alpha value is -3.61. The van der Waals surface area contributed by atoms with Crippen molar-refractivity contribution >= 4 is 23.2 Å². The van der Waals surface area contributed by atoms with Gasteiger partial charge in [-0.1, -0.05) is 0 Å². The van der Waals surface area contributed by atoms with Crippen molar-refractivity contribution in [3.05, 3.63) is 54.7 Å². The van der Waals surface area contributed by atoms with E-state index in [9.17, 15) is 9.59 Å². The van der Waals surface area contributed by atoms with Crippen LogP contribution in [0.2, 0.25) is 0 Å². The number of hydrogen-bond donors (Lipinski definition) is 2. The third-order valence-corrected chi connectivity index (χ3v) is 5.06. The fourth-order valence-electron chi connectivity index (χ4n) is 3.53. The van der Waals surface area contributed by atoms with Crippen molar-refractivity contribution < 1.29 is 14.0 Å². The monoisotopic (exact) mass is 390 g/mol. The van der Waals surface area contributed by atoms with E-state index in [0.717, 1.165) is 17.5 Å². The van der Waals surface area contributed by atoms with Gasteiger partial charge in [0.2, 0.25) is 17.7 Å². The van der Waals surface area contributed by atoms with E-state index in [0.29, 0.717) is 36.0 Å². The van der Waals surface area contributed by atoms with E-state index in [4.69, 9.17) is 10.2 Å². The number of likely N-dealkylation sites (tertiary alicyclic amines) is 1. The topological polar surface area (TPSA) is 101 Å². The molecule has 3 aromatic rings. The van der Waals surface area contributed by atoms with Crippen LogP contribution in [0.5, 0.6) is 0 Å². The van der Waals surface area contributed by atoms with Crippen LogP contribution in [-0.2, 0) is 9.59 Å². The van der Waals surface area contributed by atoms with Gasteiger partial charge in [0.05, 0.1) is 6.20 Å². The molecular formula is C22H22N4O3. The molecule has 2 heterocycles. The first-order valence-electron chi connectivity index (χ1n) is 9.51. The lowest BCUT2D eigenvalue weighted by Gasteiger charge is -2.22. The Balaban J connectivity index is 1.45. The van der Waals surface area contributed by atoms with E-state index in [1.807, 2.05) is 36.4 Å². The molecule has 3 N–H and O–H groups in total. The van der Waals surface area contributed by atoms with Crippen molar-refractivity contribution in [2.75, 3.05) is 17.6 Å². The predicted molar refractivity (Wildman–Crippen MR) is 111 cm³/mol.